The van der Waals surface area contributed by atoms with Crippen LogP contribution in [0.1, 0.15) is 49.9 Å². The first-order valence-corrected chi connectivity index (χ1v) is 10.2. The van der Waals surface area contributed by atoms with Gasteiger partial charge in [-0.25, -0.2) is 0 Å². The van der Waals surface area contributed by atoms with Gasteiger partial charge in [0.15, 0.2) is 12.1 Å². The van der Waals surface area contributed by atoms with Crippen LogP contribution in [0.15, 0.2) is 54.6 Å². The van der Waals surface area contributed by atoms with Crippen molar-refractivity contribution in [1.82, 2.24) is 0 Å². The number of hydrogen-bond donors (Lipinski definition) is 0. The van der Waals surface area contributed by atoms with Crippen molar-refractivity contribution in [2.75, 3.05) is 13.2 Å². The minimum Gasteiger partial charge on any atom is -0.352 e. The highest BCUT2D eigenvalue weighted by atomic mass is 16.7. The fourth-order valence-corrected chi connectivity index (χ4v) is 3.93. The van der Waals surface area contributed by atoms with Crippen LogP contribution in [0.5, 0.6) is 0 Å². The normalized spacial score (nSPS) is 17.2. The van der Waals surface area contributed by atoms with Crippen LogP contribution in [0.3, 0.4) is 0 Å². The quantitative estimate of drug-likeness (QED) is 0.295. The fraction of sp³-hybridized carbons (Fsp3) is 0.400. The molecule has 0 aromatic heterocycles. The average molecular weight is 376 g/mol. The van der Waals surface area contributed by atoms with Crippen molar-refractivity contribution in [3.63, 3.8) is 0 Å². The molecule has 146 valence electrons. The lowest BCUT2D eigenvalue weighted by atomic mass is 9.92. The Balaban J connectivity index is 1.44. The van der Waals surface area contributed by atoms with Crippen molar-refractivity contribution in [1.29, 1.82) is 0 Å². The van der Waals surface area contributed by atoms with E-state index < -0.39 is 0 Å². The molecule has 3 aromatic carbocycles. The molecule has 0 unspecified atom stereocenters. The molecular formula is C25H28O3. The standard InChI is InChI=1S/C25H28O3/c1-25(2)16-27-23(28-17-25)14-8-7-13-22(26)24-20-11-5-3-9-18(20)15-19-10-4-6-12-21(19)24/h3-6,9-12,15,23H,7-8,13-14,16-17H2,1-2H3. The highest BCUT2D eigenvalue weighted by molar-refractivity contribution is 6.18. The predicted molar refractivity (Wildman–Crippen MR) is 114 cm³/mol. The topological polar surface area (TPSA) is 35.5 Å². The Morgan fingerprint density at radius 1 is 0.929 bits per heavy atom. The third-order valence-electron chi connectivity index (χ3n) is 5.46. The Bertz CT molecular complexity index is 925. The second-order valence-electron chi connectivity index (χ2n) is 8.58. The molecule has 0 bridgehead atoms. The van der Waals surface area contributed by atoms with Crippen molar-refractivity contribution in [2.24, 2.45) is 5.41 Å². The van der Waals surface area contributed by atoms with E-state index in [1.54, 1.807) is 0 Å². The maximum absolute atomic E-state index is 13.1. The number of benzene rings is 3. The maximum Gasteiger partial charge on any atom is 0.164 e. The minimum absolute atomic E-state index is 0.0991. The number of hydrogen-bond acceptors (Lipinski definition) is 3. The summed E-state index contributed by atoms with van der Waals surface area (Å²) in [6.45, 7) is 5.77. The fourth-order valence-electron chi connectivity index (χ4n) is 3.93. The van der Waals surface area contributed by atoms with Gasteiger partial charge in [0, 0.05) is 17.4 Å². The molecule has 1 saturated heterocycles. The van der Waals surface area contributed by atoms with Crippen LogP contribution in [-0.2, 0) is 9.47 Å². The Morgan fingerprint density at radius 2 is 1.50 bits per heavy atom. The van der Waals surface area contributed by atoms with E-state index in [0.29, 0.717) is 6.42 Å². The summed E-state index contributed by atoms with van der Waals surface area (Å²) in [7, 11) is 0. The third-order valence-corrected chi connectivity index (χ3v) is 5.46. The Kier molecular flexibility index (Phi) is 5.47. The first-order chi connectivity index (χ1) is 13.5. The van der Waals surface area contributed by atoms with Gasteiger partial charge >= 0.3 is 0 Å². The highest BCUT2D eigenvalue weighted by Gasteiger charge is 2.27. The zero-order valence-electron chi connectivity index (χ0n) is 16.7. The minimum atomic E-state index is -0.124. The molecule has 28 heavy (non-hydrogen) atoms. The van der Waals surface area contributed by atoms with E-state index in [2.05, 4.69) is 44.2 Å². The SMILES string of the molecule is CC1(C)COC(CCCCC(=O)c2c3ccccc3cc3ccccc23)OC1. The van der Waals surface area contributed by atoms with Crippen LogP contribution >= 0.6 is 0 Å². The first-order valence-electron chi connectivity index (χ1n) is 10.2. The van der Waals surface area contributed by atoms with Gasteiger partial charge in [0.1, 0.15) is 0 Å². The number of Topliss-reactive ketones (excluding diaryl/α,β-unsaturated/α-hetero) is 1. The van der Waals surface area contributed by atoms with Crippen molar-refractivity contribution < 1.29 is 14.3 Å². The molecule has 0 amide bonds. The molecule has 3 aromatic rings. The van der Waals surface area contributed by atoms with Crippen LogP contribution in [0, 0.1) is 5.41 Å². The lowest BCUT2D eigenvalue weighted by Crippen LogP contribution is -2.37. The second kappa shape index (κ2) is 8.02. The molecule has 0 aliphatic carbocycles. The van der Waals surface area contributed by atoms with Crippen LogP contribution in [-0.4, -0.2) is 25.3 Å². The molecule has 0 radical (unpaired) electrons. The highest BCUT2D eigenvalue weighted by Crippen LogP contribution is 2.30. The van der Waals surface area contributed by atoms with Gasteiger partial charge in [-0.1, -0.05) is 62.4 Å². The molecule has 1 aliphatic heterocycles. The third kappa shape index (κ3) is 4.11. The number of carbonyl (C=O) groups is 1. The van der Waals surface area contributed by atoms with E-state index in [1.165, 1.54) is 0 Å². The summed E-state index contributed by atoms with van der Waals surface area (Å²) >= 11 is 0. The van der Waals surface area contributed by atoms with Gasteiger partial charge in [-0.05, 0) is 46.9 Å². The zero-order valence-corrected chi connectivity index (χ0v) is 16.7. The van der Waals surface area contributed by atoms with Crippen molar-refractivity contribution in [2.45, 2.75) is 45.8 Å². The van der Waals surface area contributed by atoms with E-state index in [-0.39, 0.29) is 17.5 Å². The molecule has 3 nitrogen and oxygen atoms in total. The lowest BCUT2D eigenvalue weighted by molar-refractivity contribution is -0.224. The zero-order chi connectivity index (χ0) is 19.6. The molecule has 1 fully saturated rings. The lowest BCUT2D eigenvalue weighted by Gasteiger charge is -2.34. The van der Waals surface area contributed by atoms with Crippen LogP contribution in [0.4, 0.5) is 0 Å². The van der Waals surface area contributed by atoms with Gasteiger partial charge in [0.05, 0.1) is 13.2 Å². The number of unbranched alkanes of at least 4 members (excludes halogenated alkanes) is 1. The molecule has 3 heteroatoms. The van der Waals surface area contributed by atoms with Crippen LogP contribution < -0.4 is 0 Å². The Hall–Kier alpha value is -2.23. The maximum atomic E-state index is 13.1. The molecule has 1 heterocycles. The second-order valence-corrected chi connectivity index (χ2v) is 8.58. The summed E-state index contributed by atoms with van der Waals surface area (Å²) in [6, 6.07) is 18.5. The van der Waals surface area contributed by atoms with E-state index in [1.807, 2.05) is 24.3 Å². The first kappa shape index (κ1) is 19.1. The summed E-state index contributed by atoms with van der Waals surface area (Å²) in [5.74, 6) is 0.222. The van der Waals surface area contributed by atoms with Gasteiger partial charge in [-0.3, -0.25) is 4.79 Å². The van der Waals surface area contributed by atoms with Gasteiger partial charge in [0.2, 0.25) is 0 Å². The van der Waals surface area contributed by atoms with E-state index in [9.17, 15) is 4.79 Å². The molecule has 0 atom stereocenters. The smallest absolute Gasteiger partial charge is 0.164 e. The molecular weight excluding hydrogens is 348 g/mol. The van der Waals surface area contributed by atoms with Crippen molar-refractivity contribution >= 4 is 27.3 Å². The number of carbonyl (C=O) groups excluding carboxylic acids is 1. The van der Waals surface area contributed by atoms with E-state index in [0.717, 1.165) is 59.6 Å². The van der Waals surface area contributed by atoms with Gasteiger partial charge in [-0.15, -0.1) is 0 Å². The average Bonchev–Trinajstić information content (AvgIpc) is 2.70. The monoisotopic (exact) mass is 376 g/mol. The summed E-state index contributed by atoms with van der Waals surface area (Å²) in [6.07, 6.45) is 3.06. The number of ether oxygens (including phenoxy) is 2. The van der Waals surface area contributed by atoms with Gasteiger partial charge in [-0.2, -0.15) is 0 Å². The molecule has 0 N–H and O–H groups in total. The molecule has 4 rings (SSSR count). The Labute approximate surface area is 166 Å². The number of fused-ring (bicyclic) bond motifs is 2. The van der Waals surface area contributed by atoms with Crippen molar-refractivity contribution in [3.05, 3.63) is 60.2 Å². The molecule has 0 saturated carbocycles. The van der Waals surface area contributed by atoms with Gasteiger partial charge < -0.3 is 9.47 Å². The predicted octanol–water partition coefficient (Wildman–Crippen LogP) is 6.14. The van der Waals surface area contributed by atoms with Crippen molar-refractivity contribution in [3.8, 4) is 0 Å². The van der Waals surface area contributed by atoms with Crippen LogP contribution in [0.2, 0.25) is 0 Å². The number of ketones is 1. The summed E-state index contributed by atoms with van der Waals surface area (Å²) in [5.41, 5.74) is 0.961. The molecule has 0 spiro atoms. The Morgan fingerprint density at radius 3 is 2.11 bits per heavy atom. The number of rotatable bonds is 6. The van der Waals surface area contributed by atoms with Crippen LogP contribution in [0.25, 0.3) is 21.5 Å². The summed E-state index contributed by atoms with van der Waals surface area (Å²) < 4.78 is 11.6. The molecule has 1 aliphatic rings. The van der Waals surface area contributed by atoms with E-state index >= 15 is 0 Å². The van der Waals surface area contributed by atoms with Gasteiger partial charge in [0.25, 0.3) is 0 Å². The largest absolute Gasteiger partial charge is 0.352 e. The van der Waals surface area contributed by atoms with E-state index in [4.69, 9.17) is 9.47 Å². The summed E-state index contributed by atoms with van der Waals surface area (Å²) in [4.78, 5) is 13.1. The summed E-state index contributed by atoms with van der Waals surface area (Å²) in [5, 5.41) is 4.34.